The normalized spacial score (nSPS) is 31.5. The molecule has 1 N–H and O–H groups in total. The van der Waals surface area contributed by atoms with Gasteiger partial charge in [0, 0.05) is 25.2 Å². The van der Waals surface area contributed by atoms with E-state index in [-0.39, 0.29) is 6.04 Å². The van der Waals surface area contributed by atoms with Crippen molar-refractivity contribution < 1.29 is 9.90 Å². The molecule has 3 unspecified atom stereocenters. The molecule has 4 nitrogen and oxygen atoms in total. The maximum Gasteiger partial charge on any atom is 0.320 e. The molecule has 1 heterocycles. The molecule has 3 atom stereocenters. The van der Waals surface area contributed by atoms with E-state index in [2.05, 4.69) is 30.7 Å². The first kappa shape index (κ1) is 12.5. The van der Waals surface area contributed by atoms with Crippen LogP contribution in [0, 0.1) is 0 Å². The van der Waals surface area contributed by atoms with Crippen molar-refractivity contribution in [2.45, 2.75) is 45.3 Å². The molecule has 1 saturated heterocycles. The summed E-state index contributed by atoms with van der Waals surface area (Å²) < 4.78 is 0. The van der Waals surface area contributed by atoms with Gasteiger partial charge in [0.1, 0.15) is 6.04 Å². The van der Waals surface area contributed by atoms with Crippen LogP contribution in [-0.4, -0.2) is 59.1 Å². The molecule has 1 aliphatic rings. The third-order valence-corrected chi connectivity index (χ3v) is 3.50. The highest BCUT2D eigenvalue weighted by Crippen LogP contribution is 2.17. The molecule has 0 saturated carbocycles. The van der Waals surface area contributed by atoms with Crippen LogP contribution in [0.3, 0.4) is 0 Å². The Morgan fingerprint density at radius 2 is 1.87 bits per heavy atom. The molecule has 1 fully saturated rings. The third-order valence-electron chi connectivity index (χ3n) is 3.50. The molecule has 1 rings (SSSR count). The van der Waals surface area contributed by atoms with E-state index in [1.54, 1.807) is 0 Å². The summed E-state index contributed by atoms with van der Waals surface area (Å²) in [5.74, 6) is -0.693. The highest BCUT2D eigenvalue weighted by atomic mass is 16.4. The van der Waals surface area contributed by atoms with Gasteiger partial charge < -0.3 is 5.11 Å². The molecule has 0 bridgehead atoms. The van der Waals surface area contributed by atoms with Crippen LogP contribution < -0.4 is 0 Å². The summed E-state index contributed by atoms with van der Waals surface area (Å²) in [6.07, 6.45) is 0.679. The largest absolute Gasteiger partial charge is 0.480 e. The number of carboxylic acids is 1. The minimum atomic E-state index is -0.693. The Labute approximate surface area is 91.9 Å². The Kier molecular flexibility index (Phi) is 4.11. The average molecular weight is 214 g/mol. The van der Waals surface area contributed by atoms with E-state index < -0.39 is 5.97 Å². The van der Waals surface area contributed by atoms with Gasteiger partial charge in [-0.1, -0.05) is 6.92 Å². The molecule has 0 spiro atoms. The highest BCUT2D eigenvalue weighted by Gasteiger charge is 2.32. The lowest BCUT2D eigenvalue weighted by Gasteiger charge is -2.44. The van der Waals surface area contributed by atoms with Crippen LogP contribution in [0.5, 0.6) is 0 Å². The van der Waals surface area contributed by atoms with E-state index >= 15 is 0 Å². The van der Waals surface area contributed by atoms with Crippen molar-refractivity contribution in [1.82, 2.24) is 9.80 Å². The van der Waals surface area contributed by atoms with Crippen LogP contribution in [0.15, 0.2) is 0 Å². The zero-order valence-corrected chi connectivity index (χ0v) is 10.1. The predicted octanol–water partition coefficient (Wildman–Crippen LogP) is 0.874. The molecule has 0 aromatic rings. The number of carbonyl (C=O) groups is 1. The quantitative estimate of drug-likeness (QED) is 0.757. The first-order chi connectivity index (χ1) is 6.97. The summed E-state index contributed by atoms with van der Waals surface area (Å²) in [5, 5.41) is 9.11. The lowest BCUT2D eigenvalue weighted by atomic mass is 10.1. The fraction of sp³-hybridized carbons (Fsp3) is 0.909. The fourth-order valence-corrected chi connectivity index (χ4v) is 2.29. The zero-order chi connectivity index (χ0) is 11.6. The van der Waals surface area contributed by atoms with Gasteiger partial charge in [-0.15, -0.1) is 0 Å². The summed E-state index contributed by atoms with van der Waals surface area (Å²) >= 11 is 0. The number of carboxylic acid groups (broad SMARTS) is 1. The molecule has 1 aliphatic heterocycles. The molecule has 0 aromatic carbocycles. The van der Waals surface area contributed by atoms with E-state index in [1.165, 1.54) is 0 Å². The standard InChI is InChI=1S/C11H22N2O2/c1-5-10(11(14)15)13-6-8(2)12(4)9(3)7-13/h8-10H,5-7H2,1-4H3,(H,14,15). The van der Waals surface area contributed by atoms with Crippen molar-refractivity contribution in [2.24, 2.45) is 0 Å². The van der Waals surface area contributed by atoms with Crippen molar-refractivity contribution in [3.63, 3.8) is 0 Å². The fourth-order valence-electron chi connectivity index (χ4n) is 2.29. The Morgan fingerprint density at radius 1 is 1.40 bits per heavy atom. The Morgan fingerprint density at radius 3 is 2.20 bits per heavy atom. The molecule has 88 valence electrons. The molecular weight excluding hydrogens is 192 g/mol. The Hall–Kier alpha value is -0.610. The number of aliphatic carboxylic acids is 1. The van der Waals surface area contributed by atoms with Gasteiger partial charge in [0.25, 0.3) is 0 Å². The van der Waals surface area contributed by atoms with Crippen LogP contribution in [-0.2, 0) is 4.79 Å². The molecular formula is C11H22N2O2. The van der Waals surface area contributed by atoms with E-state index in [0.29, 0.717) is 18.5 Å². The summed E-state index contributed by atoms with van der Waals surface area (Å²) in [7, 11) is 2.11. The van der Waals surface area contributed by atoms with Crippen molar-refractivity contribution in [2.75, 3.05) is 20.1 Å². The summed E-state index contributed by atoms with van der Waals surface area (Å²) in [4.78, 5) is 15.5. The molecule has 0 aliphatic carbocycles. The number of likely N-dealkylation sites (N-methyl/N-ethyl adjacent to an activating group) is 1. The van der Waals surface area contributed by atoms with Crippen LogP contribution >= 0.6 is 0 Å². The number of rotatable bonds is 3. The van der Waals surface area contributed by atoms with Gasteiger partial charge in [-0.3, -0.25) is 14.6 Å². The van der Waals surface area contributed by atoms with Crippen LogP contribution in [0.4, 0.5) is 0 Å². The van der Waals surface area contributed by atoms with Gasteiger partial charge in [-0.05, 0) is 27.3 Å². The zero-order valence-electron chi connectivity index (χ0n) is 10.1. The van der Waals surface area contributed by atoms with Crippen LogP contribution in [0.1, 0.15) is 27.2 Å². The van der Waals surface area contributed by atoms with E-state index in [9.17, 15) is 4.79 Å². The predicted molar refractivity (Wildman–Crippen MR) is 60.0 cm³/mol. The Balaban J connectivity index is 2.67. The van der Waals surface area contributed by atoms with Crippen LogP contribution in [0.2, 0.25) is 0 Å². The van der Waals surface area contributed by atoms with Crippen molar-refractivity contribution in [3.05, 3.63) is 0 Å². The number of hydrogen-bond donors (Lipinski definition) is 1. The van der Waals surface area contributed by atoms with Gasteiger partial charge in [0.05, 0.1) is 0 Å². The van der Waals surface area contributed by atoms with E-state index in [4.69, 9.17) is 5.11 Å². The first-order valence-corrected chi connectivity index (χ1v) is 5.66. The van der Waals surface area contributed by atoms with Gasteiger partial charge in [0.15, 0.2) is 0 Å². The SMILES string of the molecule is CCC(C(=O)O)N1CC(C)N(C)C(C)C1. The lowest BCUT2D eigenvalue weighted by molar-refractivity contribution is -0.145. The maximum atomic E-state index is 11.1. The van der Waals surface area contributed by atoms with E-state index in [0.717, 1.165) is 13.1 Å². The monoisotopic (exact) mass is 214 g/mol. The Bertz CT molecular complexity index is 221. The minimum absolute atomic E-state index is 0.316. The topological polar surface area (TPSA) is 43.8 Å². The second kappa shape index (κ2) is 4.94. The van der Waals surface area contributed by atoms with Crippen molar-refractivity contribution in [3.8, 4) is 0 Å². The lowest BCUT2D eigenvalue weighted by Crippen LogP contribution is -2.58. The van der Waals surface area contributed by atoms with Gasteiger partial charge in [-0.2, -0.15) is 0 Å². The summed E-state index contributed by atoms with van der Waals surface area (Å²) in [6, 6.07) is 0.549. The summed E-state index contributed by atoms with van der Waals surface area (Å²) in [5.41, 5.74) is 0. The smallest absolute Gasteiger partial charge is 0.320 e. The van der Waals surface area contributed by atoms with Crippen molar-refractivity contribution in [1.29, 1.82) is 0 Å². The number of piperazine rings is 1. The van der Waals surface area contributed by atoms with Crippen molar-refractivity contribution >= 4 is 5.97 Å². The molecule has 4 heteroatoms. The third kappa shape index (κ3) is 2.69. The molecule has 0 amide bonds. The van der Waals surface area contributed by atoms with Gasteiger partial charge >= 0.3 is 5.97 Å². The number of nitrogens with zero attached hydrogens (tertiary/aromatic N) is 2. The maximum absolute atomic E-state index is 11.1. The second-order valence-electron chi connectivity index (χ2n) is 4.58. The summed E-state index contributed by atoms with van der Waals surface area (Å²) in [6.45, 7) is 7.94. The second-order valence-corrected chi connectivity index (χ2v) is 4.58. The number of hydrogen-bond acceptors (Lipinski definition) is 3. The minimum Gasteiger partial charge on any atom is -0.480 e. The average Bonchev–Trinajstić information content (AvgIpc) is 2.14. The first-order valence-electron chi connectivity index (χ1n) is 5.66. The molecule has 15 heavy (non-hydrogen) atoms. The van der Waals surface area contributed by atoms with Crippen LogP contribution in [0.25, 0.3) is 0 Å². The highest BCUT2D eigenvalue weighted by molar-refractivity contribution is 5.73. The molecule has 0 aromatic heterocycles. The van der Waals surface area contributed by atoms with E-state index in [1.807, 2.05) is 6.92 Å². The van der Waals surface area contributed by atoms with Gasteiger partial charge in [-0.25, -0.2) is 0 Å². The molecule has 0 radical (unpaired) electrons. The van der Waals surface area contributed by atoms with Gasteiger partial charge in [0.2, 0.25) is 0 Å².